The zero-order valence-electron chi connectivity index (χ0n) is 13.6. The number of rotatable bonds is 3. The van der Waals surface area contributed by atoms with E-state index >= 15 is 0 Å². The number of likely N-dealkylation sites (tertiary alicyclic amines) is 2. The highest BCUT2D eigenvalue weighted by Gasteiger charge is 2.29. The molecule has 2 aliphatic heterocycles. The molecule has 1 aromatic rings. The van der Waals surface area contributed by atoms with Crippen molar-refractivity contribution in [2.45, 2.75) is 52.0 Å². The molecule has 5 heteroatoms. The maximum Gasteiger partial charge on any atom is 0.225 e. The SMILES string of the molecule is Cc1cc(CN2CCC(C(=O)N3CCCCCC3)CC2)on1. The van der Waals surface area contributed by atoms with Crippen LogP contribution in [0, 0.1) is 12.8 Å². The van der Waals surface area contributed by atoms with Crippen LogP contribution in [0.1, 0.15) is 50.0 Å². The van der Waals surface area contributed by atoms with Gasteiger partial charge in [-0.3, -0.25) is 9.69 Å². The number of aromatic nitrogens is 1. The molecule has 122 valence electrons. The van der Waals surface area contributed by atoms with E-state index < -0.39 is 0 Å². The van der Waals surface area contributed by atoms with Gasteiger partial charge in [0.2, 0.25) is 5.91 Å². The molecule has 0 N–H and O–H groups in total. The smallest absolute Gasteiger partial charge is 0.225 e. The molecule has 2 aliphatic rings. The summed E-state index contributed by atoms with van der Waals surface area (Å²) in [7, 11) is 0. The lowest BCUT2D eigenvalue weighted by Gasteiger charge is -2.33. The van der Waals surface area contributed by atoms with Gasteiger partial charge in [0.05, 0.1) is 12.2 Å². The van der Waals surface area contributed by atoms with Crippen LogP contribution in [-0.4, -0.2) is 47.0 Å². The Morgan fingerprint density at radius 1 is 1.18 bits per heavy atom. The van der Waals surface area contributed by atoms with E-state index in [1.54, 1.807) is 0 Å². The van der Waals surface area contributed by atoms with Crippen LogP contribution in [0.15, 0.2) is 10.6 Å². The average molecular weight is 305 g/mol. The van der Waals surface area contributed by atoms with Crippen molar-refractivity contribution in [3.8, 4) is 0 Å². The van der Waals surface area contributed by atoms with Gasteiger partial charge in [-0.2, -0.15) is 0 Å². The molecule has 22 heavy (non-hydrogen) atoms. The molecule has 2 saturated heterocycles. The highest BCUT2D eigenvalue weighted by atomic mass is 16.5. The molecule has 0 saturated carbocycles. The Balaban J connectivity index is 1.47. The van der Waals surface area contributed by atoms with Gasteiger partial charge in [0.1, 0.15) is 0 Å². The lowest BCUT2D eigenvalue weighted by atomic mass is 9.95. The average Bonchev–Trinajstić information content (AvgIpc) is 2.78. The molecule has 0 aliphatic carbocycles. The third-order valence-corrected chi connectivity index (χ3v) is 4.91. The van der Waals surface area contributed by atoms with Crippen molar-refractivity contribution in [1.82, 2.24) is 15.0 Å². The number of carbonyl (C=O) groups excluding carboxylic acids is 1. The third kappa shape index (κ3) is 3.88. The molecule has 0 unspecified atom stereocenters. The summed E-state index contributed by atoms with van der Waals surface area (Å²) < 4.78 is 5.28. The molecule has 3 rings (SSSR count). The predicted octanol–water partition coefficient (Wildman–Crippen LogP) is 2.60. The topological polar surface area (TPSA) is 49.6 Å². The van der Waals surface area contributed by atoms with E-state index in [1.807, 2.05) is 13.0 Å². The van der Waals surface area contributed by atoms with Crippen LogP contribution in [0.25, 0.3) is 0 Å². The Morgan fingerprint density at radius 3 is 2.45 bits per heavy atom. The van der Waals surface area contributed by atoms with Gasteiger partial charge < -0.3 is 9.42 Å². The number of hydrogen-bond acceptors (Lipinski definition) is 4. The molecular weight excluding hydrogens is 278 g/mol. The van der Waals surface area contributed by atoms with Crippen molar-refractivity contribution in [3.63, 3.8) is 0 Å². The first-order chi connectivity index (χ1) is 10.7. The summed E-state index contributed by atoms with van der Waals surface area (Å²) in [5.74, 6) is 1.55. The second-order valence-corrected chi connectivity index (χ2v) is 6.72. The van der Waals surface area contributed by atoms with Crippen molar-refractivity contribution < 1.29 is 9.32 Å². The molecule has 0 bridgehead atoms. The van der Waals surface area contributed by atoms with Crippen LogP contribution in [-0.2, 0) is 11.3 Å². The Bertz CT molecular complexity index is 484. The second-order valence-electron chi connectivity index (χ2n) is 6.72. The lowest BCUT2D eigenvalue weighted by Crippen LogP contribution is -2.42. The molecule has 0 spiro atoms. The minimum absolute atomic E-state index is 0.228. The molecule has 0 aromatic carbocycles. The molecule has 1 amide bonds. The fraction of sp³-hybridized carbons (Fsp3) is 0.765. The van der Waals surface area contributed by atoms with E-state index in [0.29, 0.717) is 5.91 Å². The molecule has 3 heterocycles. The van der Waals surface area contributed by atoms with Gasteiger partial charge in [0.25, 0.3) is 0 Å². The zero-order chi connectivity index (χ0) is 15.4. The summed E-state index contributed by atoms with van der Waals surface area (Å²) in [6, 6.07) is 1.99. The number of hydrogen-bond donors (Lipinski definition) is 0. The van der Waals surface area contributed by atoms with Gasteiger partial charge in [-0.25, -0.2) is 0 Å². The maximum absolute atomic E-state index is 12.7. The van der Waals surface area contributed by atoms with E-state index in [4.69, 9.17) is 4.52 Å². The van der Waals surface area contributed by atoms with E-state index in [-0.39, 0.29) is 5.92 Å². The van der Waals surface area contributed by atoms with Crippen LogP contribution in [0.2, 0.25) is 0 Å². The van der Waals surface area contributed by atoms with Crippen LogP contribution in [0.4, 0.5) is 0 Å². The summed E-state index contributed by atoms with van der Waals surface area (Å²) in [4.78, 5) is 17.1. The van der Waals surface area contributed by atoms with Gasteiger partial charge in [-0.1, -0.05) is 18.0 Å². The van der Waals surface area contributed by atoms with Crippen molar-refractivity contribution in [2.75, 3.05) is 26.2 Å². The summed E-state index contributed by atoms with van der Waals surface area (Å²) in [5.41, 5.74) is 0.932. The molecule has 0 radical (unpaired) electrons. The third-order valence-electron chi connectivity index (χ3n) is 4.91. The Labute approximate surface area is 132 Å². The first-order valence-electron chi connectivity index (χ1n) is 8.66. The van der Waals surface area contributed by atoms with Crippen LogP contribution in [0.3, 0.4) is 0 Å². The molecular formula is C17H27N3O2. The van der Waals surface area contributed by atoms with Crippen LogP contribution < -0.4 is 0 Å². The van der Waals surface area contributed by atoms with Gasteiger partial charge in [-0.05, 0) is 45.7 Å². The first-order valence-corrected chi connectivity index (χ1v) is 8.66. The second kappa shape index (κ2) is 7.27. The number of piperidine rings is 1. The number of nitrogens with zero attached hydrogens (tertiary/aromatic N) is 3. The number of amides is 1. The standard InChI is InChI=1S/C17H27N3O2/c1-14-12-16(22-18-14)13-19-10-6-15(7-11-19)17(21)20-8-4-2-3-5-9-20/h12,15H,2-11,13H2,1H3. The summed E-state index contributed by atoms with van der Waals surface area (Å²) in [6.45, 7) is 6.64. The van der Waals surface area contributed by atoms with Crippen molar-refractivity contribution >= 4 is 5.91 Å². The number of carbonyl (C=O) groups is 1. The Kier molecular flexibility index (Phi) is 5.13. The normalized spacial score (nSPS) is 21.8. The van der Waals surface area contributed by atoms with Crippen molar-refractivity contribution in [1.29, 1.82) is 0 Å². The Hall–Kier alpha value is -1.36. The minimum Gasteiger partial charge on any atom is -0.360 e. The monoisotopic (exact) mass is 305 g/mol. The van der Waals surface area contributed by atoms with E-state index in [2.05, 4.69) is 15.0 Å². The van der Waals surface area contributed by atoms with E-state index in [1.165, 1.54) is 25.7 Å². The largest absolute Gasteiger partial charge is 0.360 e. The summed E-state index contributed by atoms with van der Waals surface area (Å²) in [5, 5.41) is 3.93. The first kappa shape index (κ1) is 15.5. The molecule has 1 aromatic heterocycles. The number of aryl methyl sites for hydroxylation is 1. The van der Waals surface area contributed by atoms with E-state index in [0.717, 1.165) is 57.0 Å². The van der Waals surface area contributed by atoms with E-state index in [9.17, 15) is 4.79 Å². The van der Waals surface area contributed by atoms with Crippen LogP contribution in [0.5, 0.6) is 0 Å². The van der Waals surface area contributed by atoms with Gasteiger partial charge in [0.15, 0.2) is 5.76 Å². The van der Waals surface area contributed by atoms with Crippen LogP contribution >= 0.6 is 0 Å². The maximum atomic E-state index is 12.7. The molecule has 2 fully saturated rings. The molecule has 0 atom stereocenters. The van der Waals surface area contributed by atoms with Crippen molar-refractivity contribution in [2.24, 2.45) is 5.92 Å². The highest BCUT2D eigenvalue weighted by Crippen LogP contribution is 2.23. The highest BCUT2D eigenvalue weighted by molar-refractivity contribution is 5.79. The fourth-order valence-corrected chi connectivity index (χ4v) is 3.60. The minimum atomic E-state index is 0.228. The molecule has 5 nitrogen and oxygen atoms in total. The van der Waals surface area contributed by atoms with Gasteiger partial charge >= 0.3 is 0 Å². The van der Waals surface area contributed by atoms with Gasteiger partial charge in [-0.15, -0.1) is 0 Å². The van der Waals surface area contributed by atoms with Crippen molar-refractivity contribution in [3.05, 3.63) is 17.5 Å². The summed E-state index contributed by atoms with van der Waals surface area (Å²) >= 11 is 0. The lowest BCUT2D eigenvalue weighted by molar-refractivity contribution is -0.137. The Morgan fingerprint density at radius 2 is 1.86 bits per heavy atom. The van der Waals surface area contributed by atoms with Gasteiger partial charge in [0, 0.05) is 25.1 Å². The quantitative estimate of drug-likeness (QED) is 0.861. The zero-order valence-corrected chi connectivity index (χ0v) is 13.6. The predicted molar refractivity (Wildman–Crippen MR) is 84.3 cm³/mol. The summed E-state index contributed by atoms with van der Waals surface area (Å²) in [6.07, 6.45) is 6.85. The fourth-order valence-electron chi connectivity index (χ4n) is 3.60.